The Morgan fingerprint density at radius 2 is 2.38 bits per heavy atom. The maximum absolute atomic E-state index is 5.11. The van der Waals surface area contributed by atoms with Crippen LogP contribution in [0.3, 0.4) is 0 Å². The summed E-state index contributed by atoms with van der Waals surface area (Å²) >= 11 is 10.2. The Morgan fingerprint density at radius 3 is 3.00 bits per heavy atom. The molecule has 0 heterocycles. The molecule has 0 fully saturated rings. The van der Waals surface area contributed by atoms with E-state index in [9.17, 15) is 0 Å². The number of nitrogens with one attached hydrogen (secondary N) is 1. The summed E-state index contributed by atoms with van der Waals surface area (Å²) in [6.45, 7) is 2.08. The van der Waals surface area contributed by atoms with Gasteiger partial charge in [0, 0.05) is 10.2 Å². The SMILES string of the molecule is CCSC(=S)Nc1cccc(Br)c1. The van der Waals surface area contributed by atoms with Crippen molar-refractivity contribution in [2.45, 2.75) is 6.92 Å². The van der Waals surface area contributed by atoms with Gasteiger partial charge in [0.05, 0.1) is 0 Å². The van der Waals surface area contributed by atoms with Crippen molar-refractivity contribution in [1.82, 2.24) is 0 Å². The lowest BCUT2D eigenvalue weighted by atomic mass is 10.3. The first-order valence-electron chi connectivity index (χ1n) is 3.91. The third kappa shape index (κ3) is 4.11. The van der Waals surface area contributed by atoms with Gasteiger partial charge in [-0.1, -0.05) is 52.9 Å². The van der Waals surface area contributed by atoms with E-state index >= 15 is 0 Å². The summed E-state index contributed by atoms with van der Waals surface area (Å²) in [5, 5.41) is 3.15. The minimum Gasteiger partial charge on any atom is -0.341 e. The summed E-state index contributed by atoms with van der Waals surface area (Å²) in [5.41, 5.74) is 1.03. The van der Waals surface area contributed by atoms with Crippen LogP contribution < -0.4 is 5.32 Å². The molecule has 0 aromatic heterocycles. The normalized spacial score (nSPS) is 9.69. The zero-order valence-corrected chi connectivity index (χ0v) is 10.4. The number of anilines is 1. The molecule has 4 heteroatoms. The first kappa shape index (κ1) is 11.0. The number of hydrogen-bond donors (Lipinski definition) is 1. The van der Waals surface area contributed by atoms with Crippen LogP contribution in [0.15, 0.2) is 28.7 Å². The maximum Gasteiger partial charge on any atom is 0.138 e. The largest absolute Gasteiger partial charge is 0.341 e. The van der Waals surface area contributed by atoms with Crippen molar-refractivity contribution in [3.05, 3.63) is 28.7 Å². The fourth-order valence-electron chi connectivity index (χ4n) is 0.851. The Hall–Kier alpha value is -0.0600. The summed E-state index contributed by atoms with van der Waals surface area (Å²) in [6.07, 6.45) is 0. The second-order valence-corrected chi connectivity index (χ2v) is 5.21. The number of benzene rings is 1. The van der Waals surface area contributed by atoms with E-state index in [0.717, 1.165) is 20.2 Å². The van der Waals surface area contributed by atoms with Gasteiger partial charge in [0.25, 0.3) is 0 Å². The van der Waals surface area contributed by atoms with E-state index in [0.29, 0.717) is 0 Å². The van der Waals surface area contributed by atoms with E-state index in [1.807, 2.05) is 24.3 Å². The molecule has 0 aliphatic rings. The molecule has 0 aliphatic heterocycles. The topological polar surface area (TPSA) is 12.0 Å². The van der Waals surface area contributed by atoms with Crippen molar-refractivity contribution in [2.24, 2.45) is 0 Å². The third-order valence-electron chi connectivity index (χ3n) is 1.35. The van der Waals surface area contributed by atoms with Crippen LogP contribution in [0.5, 0.6) is 0 Å². The highest BCUT2D eigenvalue weighted by Crippen LogP contribution is 2.17. The third-order valence-corrected chi connectivity index (χ3v) is 2.95. The van der Waals surface area contributed by atoms with Gasteiger partial charge in [0.15, 0.2) is 0 Å². The molecule has 0 spiro atoms. The van der Waals surface area contributed by atoms with Crippen LogP contribution in [0.2, 0.25) is 0 Å². The standard InChI is InChI=1S/C9H10BrNS2/c1-2-13-9(12)11-8-5-3-4-7(10)6-8/h3-6H,2H2,1H3,(H,11,12). The van der Waals surface area contributed by atoms with Crippen LogP contribution in [-0.4, -0.2) is 10.1 Å². The molecule has 1 nitrogen and oxygen atoms in total. The highest BCUT2D eigenvalue weighted by Gasteiger charge is 1.96. The second kappa shape index (κ2) is 5.62. The van der Waals surface area contributed by atoms with Crippen molar-refractivity contribution in [3.8, 4) is 0 Å². The van der Waals surface area contributed by atoms with Crippen molar-refractivity contribution in [2.75, 3.05) is 11.1 Å². The minimum absolute atomic E-state index is 0.820. The van der Waals surface area contributed by atoms with Gasteiger partial charge in [-0.3, -0.25) is 0 Å². The number of rotatable bonds is 2. The highest BCUT2D eigenvalue weighted by molar-refractivity contribution is 9.10. The van der Waals surface area contributed by atoms with Gasteiger partial charge < -0.3 is 5.32 Å². The van der Waals surface area contributed by atoms with Gasteiger partial charge in [-0.2, -0.15) is 0 Å². The Kier molecular flexibility index (Phi) is 4.77. The molecular formula is C9H10BrNS2. The summed E-state index contributed by atoms with van der Waals surface area (Å²) in [6, 6.07) is 7.96. The smallest absolute Gasteiger partial charge is 0.138 e. The first-order valence-corrected chi connectivity index (χ1v) is 6.10. The van der Waals surface area contributed by atoms with Crippen LogP contribution in [-0.2, 0) is 0 Å². The average molecular weight is 276 g/mol. The van der Waals surface area contributed by atoms with Crippen LogP contribution >= 0.6 is 39.9 Å². The second-order valence-electron chi connectivity index (χ2n) is 2.36. The zero-order chi connectivity index (χ0) is 9.68. The van der Waals surface area contributed by atoms with Crippen LogP contribution in [0.4, 0.5) is 5.69 Å². The molecule has 0 unspecified atom stereocenters. The molecule has 1 aromatic carbocycles. The lowest BCUT2D eigenvalue weighted by Crippen LogP contribution is -2.04. The fraction of sp³-hybridized carbons (Fsp3) is 0.222. The summed E-state index contributed by atoms with van der Waals surface area (Å²) < 4.78 is 1.88. The van der Waals surface area contributed by atoms with Crippen LogP contribution in [0, 0.1) is 0 Å². The molecule has 0 radical (unpaired) electrons. The Labute approximate surface area is 96.4 Å². The van der Waals surface area contributed by atoms with Crippen LogP contribution in [0.25, 0.3) is 0 Å². The Bertz CT molecular complexity index is 301. The van der Waals surface area contributed by atoms with Crippen molar-refractivity contribution < 1.29 is 0 Å². The quantitative estimate of drug-likeness (QED) is 0.823. The molecule has 0 bridgehead atoms. The summed E-state index contributed by atoms with van der Waals surface area (Å²) in [7, 11) is 0. The van der Waals surface area contributed by atoms with Crippen molar-refractivity contribution >= 4 is 49.9 Å². The van der Waals surface area contributed by atoms with Gasteiger partial charge in [-0.05, 0) is 24.0 Å². The Morgan fingerprint density at radius 1 is 1.62 bits per heavy atom. The fourth-order valence-corrected chi connectivity index (χ4v) is 2.17. The van der Waals surface area contributed by atoms with E-state index < -0.39 is 0 Å². The predicted octanol–water partition coefficient (Wildman–Crippen LogP) is 3.90. The monoisotopic (exact) mass is 275 g/mol. The van der Waals surface area contributed by atoms with E-state index in [1.54, 1.807) is 11.8 Å². The van der Waals surface area contributed by atoms with E-state index in [2.05, 4.69) is 28.2 Å². The molecule has 1 aromatic rings. The van der Waals surface area contributed by atoms with Gasteiger partial charge in [0.1, 0.15) is 4.32 Å². The Balaban J connectivity index is 2.58. The van der Waals surface area contributed by atoms with E-state index in [1.165, 1.54) is 0 Å². The number of thiocarbonyl (C=S) groups is 1. The maximum atomic E-state index is 5.11. The molecule has 13 heavy (non-hydrogen) atoms. The van der Waals surface area contributed by atoms with Crippen molar-refractivity contribution in [1.29, 1.82) is 0 Å². The summed E-state index contributed by atoms with van der Waals surface area (Å²) in [5.74, 6) is 1.000. The molecular weight excluding hydrogens is 266 g/mol. The average Bonchev–Trinajstić information content (AvgIpc) is 2.04. The highest BCUT2D eigenvalue weighted by atomic mass is 79.9. The van der Waals surface area contributed by atoms with Gasteiger partial charge in [-0.15, -0.1) is 0 Å². The van der Waals surface area contributed by atoms with Crippen LogP contribution in [0.1, 0.15) is 6.92 Å². The minimum atomic E-state index is 0.820. The predicted molar refractivity (Wildman–Crippen MR) is 68.5 cm³/mol. The number of hydrogen-bond acceptors (Lipinski definition) is 2. The van der Waals surface area contributed by atoms with Gasteiger partial charge in [-0.25, -0.2) is 0 Å². The molecule has 0 saturated carbocycles. The number of halogens is 1. The lowest BCUT2D eigenvalue weighted by molar-refractivity contribution is 1.54. The number of thioether (sulfide) groups is 1. The molecule has 0 atom stereocenters. The summed E-state index contributed by atoms with van der Waals surface area (Å²) in [4.78, 5) is 0. The molecule has 0 amide bonds. The lowest BCUT2D eigenvalue weighted by Gasteiger charge is -2.05. The van der Waals surface area contributed by atoms with Gasteiger partial charge in [0.2, 0.25) is 0 Å². The molecule has 0 aliphatic carbocycles. The van der Waals surface area contributed by atoms with Gasteiger partial charge >= 0.3 is 0 Å². The molecule has 0 saturated heterocycles. The van der Waals surface area contributed by atoms with E-state index in [4.69, 9.17) is 12.2 Å². The molecule has 70 valence electrons. The molecule has 1 rings (SSSR count). The molecule has 1 N–H and O–H groups in total. The zero-order valence-electron chi connectivity index (χ0n) is 7.21. The first-order chi connectivity index (χ1) is 6.22. The van der Waals surface area contributed by atoms with E-state index in [-0.39, 0.29) is 0 Å². The van der Waals surface area contributed by atoms with Crippen molar-refractivity contribution in [3.63, 3.8) is 0 Å².